The first-order chi connectivity index (χ1) is 12.0. The highest BCUT2D eigenvalue weighted by atomic mass is 127. The van der Waals surface area contributed by atoms with Gasteiger partial charge in [0.2, 0.25) is 5.91 Å². The molecule has 0 spiro atoms. The Hall–Kier alpha value is -0.570. The number of guanidine groups is 1. The first-order valence-corrected chi connectivity index (χ1v) is 10.0. The summed E-state index contributed by atoms with van der Waals surface area (Å²) in [5.74, 6) is 0.942. The van der Waals surface area contributed by atoms with Crippen molar-refractivity contribution in [1.82, 2.24) is 20.0 Å². The molecule has 1 unspecified atom stereocenters. The molecule has 2 aliphatic rings. The molecule has 0 aromatic carbocycles. The number of hydrogen-bond donors (Lipinski definition) is 1. The summed E-state index contributed by atoms with van der Waals surface area (Å²) in [5, 5.41) is 3.51. The molecule has 1 amide bonds. The summed E-state index contributed by atoms with van der Waals surface area (Å²) >= 11 is 0. The molecule has 2 rings (SSSR count). The van der Waals surface area contributed by atoms with E-state index in [0.717, 1.165) is 44.6 Å². The van der Waals surface area contributed by atoms with E-state index in [0.29, 0.717) is 6.04 Å². The van der Waals surface area contributed by atoms with Crippen molar-refractivity contribution in [2.45, 2.75) is 64.5 Å². The summed E-state index contributed by atoms with van der Waals surface area (Å²) < 4.78 is 0. The van der Waals surface area contributed by atoms with Crippen molar-refractivity contribution in [3.63, 3.8) is 0 Å². The van der Waals surface area contributed by atoms with Gasteiger partial charge >= 0.3 is 0 Å². The van der Waals surface area contributed by atoms with Crippen molar-refractivity contribution >= 4 is 35.8 Å². The van der Waals surface area contributed by atoms with Crippen LogP contribution in [-0.4, -0.2) is 85.5 Å². The van der Waals surface area contributed by atoms with Gasteiger partial charge in [0.1, 0.15) is 6.54 Å². The minimum Gasteiger partial charge on any atom is -0.354 e. The molecule has 1 N–H and O–H groups in total. The molecule has 0 bridgehead atoms. The summed E-state index contributed by atoms with van der Waals surface area (Å²) in [6.07, 6.45) is 7.96. The maximum Gasteiger partial charge on any atom is 0.243 e. The zero-order valence-electron chi connectivity index (χ0n) is 17.0. The Morgan fingerprint density at radius 1 is 1.15 bits per heavy atom. The molecule has 1 aliphatic carbocycles. The fraction of sp³-hybridized carbons (Fsp3) is 0.895. The molecule has 1 saturated heterocycles. The van der Waals surface area contributed by atoms with E-state index in [1.165, 1.54) is 32.1 Å². The van der Waals surface area contributed by atoms with Gasteiger partial charge in [-0.1, -0.05) is 26.2 Å². The van der Waals surface area contributed by atoms with Crippen LogP contribution in [0.3, 0.4) is 0 Å². The number of nitrogens with zero attached hydrogens (tertiary/aromatic N) is 4. The summed E-state index contributed by atoms with van der Waals surface area (Å²) in [7, 11) is 3.56. The van der Waals surface area contributed by atoms with Crippen LogP contribution in [0.1, 0.15) is 52.4 Å². The van der Waals surface area contributed by atoms with Crippen LogP contribution in [0.5, 0.6) is 0 Å². The first kappa shape index (κ1) is 23.5. The van der Waals surface area contributed by atoms with Gasteiger partial charge in [-0.2, -0.15) is 0 Å². The number of piperazine rings is 1. The minimum absolute atomic E-state index is 0. The fourth-order valence-electron chi connectivity index (χ4n) is 3.59. The second kappa shape index (κ2) is 12.0. The topological polar surface area (TPSA) is 51.2 Å². The van der Waals surface area contributed by atoms with E-state index in [1.807, 2.05) is 0 Å². The van der Waals surface area contributed by atoms with Crippen LogP contribution in [-0.2, 0) is 4.79 Å². The first-order valence-electron chi connectivity index (χ1n) is 10.0. The Kier molecular flexibility index (Phi) is 10.8. The zero-order chi connectivity index (χ0) is 18.2. The highest BCUT2D eigenvalue weighted by Crippen LogP contribution is 2.23. The maximum absolute atomic E-state index is 11.9. The Morgan fingerprint density at radius 2 is 1.77 bits per heavy atom. The van der Waals surface area contributed by atoms with Gasteiger partial charge in [0, 0.05) is 52.4 Å². The minimum atomic E-state index is 0. The van der Waals surface area contributed by atoms with Crippen molar-refractivity contribution in [2.24, 2.45) is 4.99 Å². The third-order valence-corrected chi connectivity index (χ3v) is 5.56. The molecule has 1 aliphatic heterocycles. The lowest BCUT2D eigenvalue weighted by molar-refractivity contribution is -0.127. The molecule has 0 aromatic rings. The van der Waals surface area contributed by atoms with E-state index in [1.54, 1.807) is 19.0 Å². The van der Waals surface area contributed by atoms with E-state index in [-0.39, 0.29) is 36.4 Å². The molecule has 1 saturated carbocycles. The van der Waals surface area contributed by atoms with Crippen LogP contribution in [0, 0.1) is 0 Å². The number of carbonyl (C=O) groups is 1. The monoisotopic (exact) mass is 479 g/mol. The number of aliphatic imine (C=N–C) groups is 1. The van der Waals surface area contributed by atoms with E-state index in [4.69, 9.17) is 0 Å². The van der Waals surface area contributed by atoms with Crippen molar-refractivity contribution in [3.05, 3.63) is 0 Å². The number of nitrogens with one attached hydrogen (secondary N) is 1. The van der Waals surface area contributed by atoms with E-state index >= 15 is 0 Å². The average Bonchev–Trinajstić information content (AvgIpc) is 2.65. The predicted octanol–water partition coefficient (Wildman–Crippen LogP) is 2.39. The standard InChI is InChI=1S/C19H37N5O.HI/c1-5-16(2)21-19(20-15-18(25)22(3)4)24-13-11-23(12-14-24)17-9-7-6-8-10-17;/h16-17H,5-15H2,1-4H3,(H,20,21);1H. The van der Waals surface area contributed by atoms with E-state index in [2.05, 4.69) is 34.0 Å². The summed E-state index contributed by atoms with van der Waals surface area (Å²) in [5.41, 5.74) is 0. The lowest BCUT2D eigenvalue weighted by Gasteiger charge is -2.42. The van der Waals surface area contributed by atoms with Crippen LogP contribution < -0.4 is 5.32 Å². The van der Waals surface area contributed by atoms with Crippen molar-refractivity contribution < 1.29 is 4.79 Å². The lowest BCUT2D eigenvalue weighted by Crippen LogP contribution is -2.56. The predicted molar refractivity (Wildman–Crippen MR) is 119 cm³/mol. The summed E-state index contributed by atoms with van der Waals surface area (Å²) in [4.78, 5) is 23.1. The van der Waals surface area contributed by atoms with Gasteiger partial charge < -0.3 is 15.1 Å². The Morgan fingerprint density at radius 3 is 2.31 bits per heavy atom. The van der Waals surface area contributed by atoms with Crippen molar-refractivity contribution in [1.29, 1.82) is 0 Å². The van der Waals surface area contributed by atoms with Gasteiger partial charge in [-0.05, 0) is 26.2 Å². The molecule has 2 fully saturated rings. The molecule has 6 nitrogen and oxygen atoms in total. The highest BCUT2D eigenvalue weighted by Gasteiger charge is 2.26. The van der Waals surface area contributed by atoms with Crippen LogP contribution in [0.4, 0.5) is 0 Å². The van der Waals surface area contributed by atoms with Crippen LogP contribution in [0.25, 0.3) is 0 Å². The second-order valence-electron chi connectivity index (χ2n) is 7.70. The molecule has 152 valence electrons. The lowest BCUT2D eigenvalue weighted by atomic mass is 9.94. The SMILES string of the molecule is CCC(C)NC(=NCC(=O)N(C)C)N1CCN(C2CCCCC2)CC1.I. The second-order valence-corrected chi connectivity index (χ2v) is 7.70. The third kappa shape index (κ3) is 7.21. The van der Waals surface area contributed by atoms with Crippen LogP contribution in [0.15, 0.2) is 4.99 Å². The molecule has 7 heteroatoms. The number of rotatable bonds is 5. The van der Waals surface area contributed by atoms with Gasteiger partial charge in [0.25, 0.3) is 0 Å². The number of amides is 1. The fourth-order valence-corrected chi connectivity index (χ4v) is 3.59. The van der Waals surface area contributed by atoms with Crippen LogP contribution in [0.2, 0.25) is 0 Å². The Bertz CT molecular complexity index is 443. The average molecular weight is 479 g/mol. The molecule has 0 radical (unpaired) electrons. The van der Waals surface area contributed by atoms with Gasteiger partial charge in [-0.3, -0.25) is 9.69 Å². The molecule has 1 atom stereocenters. The van der Waals surface area contributed by atoms with Gasteiger partial charge in [0.05, 0.1) is 0 Å². The van der Waals surface area contributed by atoms with Crippen molar-refractivity contribution in [3.8, 4) is 0 Å². The normalized spacial score (nSPS) is 21.1. The number of hydrogen-bond acceptors (Lipinski definition) is 3. The molecule has 1 heterocycles. The highest BCUT2D eigenvalue weighted by molar-refractivity contribution is 14.0. The molecular weight excluding hydrogens is 441 g/mol. The molecule has 0 aromatic heterocycles. The maximum atomic E-state index is 11.9. The largest absolute Gasteiger partial charge is 0.354 e. The van der Waals surface area contributed by atoms with E-state index < -0.39 is 0 Å². The van der Waals surface area contributed by atoms with E-state index in [9.17, 15) is 4.79 Å². The number of halogens is 1. The summed E-state index contributed by atoms with van der Waals surface area (Å²) in [6.45, 7) is 8.75. The molecular formula is C19H38IN5O. The quantitative estimate of drug-likeness (QED) is 0.374. The summed E-state index contributed by atoms with van der Waals surface area (Å²) in [6, 6.07) is 1.15. The smallest absolute Gasteiger partial charge is 0.243 e. The number of carbonyl (C=O) groups excluding carboxylic acids is 1. The Labute approximate surface area is 176 Å². The Balaban J connectivity index is 0.00000338. The van der Waals surface area contributed by atoms with Gasteiger partial charge in [0.15, 0.2) is 5.96 Å². The zero-order valence-corrected chi connectivity index (χ0v) is 19.4. The number of likely N-dealkylation sites (N-methyl/N-ethyl adjacent to an activating group) is 1. The van der Waals surface area contributed by atoms with Crippen LogP contribution >= 0.6 is 24.0 Å². The van der Waals surface area contributed by atoms with Gasteiger partial charge in [-0.15, -0.1) is 24.0 Å². The molecule has 26 heavy (non-hydrogen) atoms. The third-order valence-electron chi connectivity index (χ3n) is 5.56. The van der Waals surface area contributed by atoms with Gasteiger partial charge in [-0.25, -0.2) is 4.99 Å². The van der Waals surface area contributed by atoms with Crippen molar-refractivity contribution in [2.75, 3.05) is 46.8 Å².